The van der Waals surface area contributed by atoms with Crippen molar-refractivity contribution in [3.63, 3.8) is 0 Å². The molecule has 2 heterocycles. The fourth-order valence-electron chi connectivity index (χ4n) is 3.07. The number of carbonyl (C=O) groups is 1. The molecule has 1 unspecified atom stereocenters. The van der Waals surface area contributed by atoms with Crippen molar-refractivity contribution in [2.24, 2.45) is 5.73 Å². The largest absolute Gasteiger partial charge is 0.465 e. The van der Waals surface area contributed by atoms with Gasteiger partial charge < -0.3 is 19.9 Å². The van der Waals surface area contributed by atoms with Gasteiger partial charge in [0.15, 0.2) is 6.29 Å². The van der Waals surface area contributed by atoms with E-state index in [0.717, 1.165) is 38.0 Å². The van der Waals surface area contributed by atoms with Gasteiger partial charge in [0.2, 0.25) is 5.91 Å². The summed E-state index contributed by atoms with van der Waals surface area (Å²) in [4.78, 5) is 11.3. The van der Waals surface area contributed by atoms with Gasteiger partial charge in [0.1, 0.15) is 11.9 Å². The Bertz CT molecular complexity index is 496. The Hall–Kier alpha value is -1.59. The van der Waals surface area contributed by atoms with Crippen molar-refractivity contribution in [1.82, 2.24) is 0 Å². The summed E-state index contributed by atoms with van der Waals surface area (Å²) in [7, 11) is 0. The molecule has 3 rings (SSSR count). The van der Waals surface area contributed by atoms with Crippen LogP contribution in [0.3, 0.4) is 0 Å². The maximum Gasteiger partial charge on any atom is 0.246 e. The zero-order valence-corrected chi connectivity index (χ0v) is 12.7. The molecule has 0 aliphatic carbocycles. The number of primary amides is 1. The van der Waals surface area contributed by atoms with E-state index in [2.05, 4.69) is 12.1 Å². The molecule has 22 heavy (non-hydrogen) atoms. The summed E-state index contributed by atoms with van der Waals surface area (Å²) >= 11 is 0. The van der Waals surface area contributed by atoms with E-state index in [1.54, 1.807) is 0 Å². The zero-order valence-electron chi connectivity index (χ0n) is 12.7. The predicted octanol–water partition coefficient (Wildman–Crippen LogP) is 2.34. The summed E-state index contributed by atoms with van der Waals surface area (Å²) in [6.45, 7) is 1.35. The molecule has 1 aromatic rings. The molecule has 2 aliphatic rings. The second kappa shape index (κ2) is 7.11. The highest BCUT2D eigenvalue weighted by Crippen LogP contribution is 2.31. The third kappa shape index (κ3) is 3.78. The first-order chi connectivity index (χ1) is 10.7. The number of hydrogen-bond donors (Lipinski definition) is 1. The Labute approximate surface area is 130 Å². The highest BCUT2D eigenvalue weighted by molar-refractivity contribution is 5.79. The van der Waals surface area contributed by atoms with Crippen molar-refractivity contribution in [2.45, 2.75) is 50.4 Å². The lowest BCUT2D eigenvalue weighted by molar-refractivity contribution is -0.132. The average Bonchev–Trinajstić information content (AvgIpc) is 2.56. The minimum Gasteiger partial charge on any atom is -0.465 e. The number of ether oxygens (including phenoxy) is 3. The molecule has 0 spiro atoms. The van der Waals surface area contributed by atoms with Gasteiger partial charge in [-0.3, -0.25) is 4.79 Å². The number of rotatable bonds is 4. The van der Waals surface area contributed by atoms with Crippen LogP contribution in [0.15, 0.2) is 24.3 Å². The van der Waals surface area contributed by atoms with E-state index in [4.69, 9.17) is 19.9 Å². The number of hydrogen-bond acceptors (Lipinski definition) is 4. The number of benzene rings is 1. The molecule has 2 fully saturated rings. The third-order valence-corrected chi connectivity index (χ3v) is 4.36. The second-order valence-corrected chi connectivity index (χ2v) is 5.97. The summed E-state index contributed by atoms with van der Waals surface area (Å²) in [5.41, 5.74) is 6.54. The van der Waals surface area contributed by atoms with Crippen molar-refractivity contribution in [2.75, 3.05) is 13.2 Å². The zero-order chi connectivity index (χ0) is 15.4. The van der Waals surface area contributed by atoms with E-state index in [1.165, 1.54) is 5.56 Å². The molecule has 5 heteroatoms. The Kier molecular flexibility index (Phi) is 4.95. The van der Waals surface area contributed by atoms with Gasteiger partial charge >= 0.3 is 0 Å². The van der Waals surface area contributed by atoms with E-state index >= 15 is 0 Å². The predicted molar refractivity (Wildman–Crippen MR) is 81.6 cm³/mol. The number of carbonyl (C=O) groups excluding carboxylic acids is 1. The normalized spacial score (nSPS) is 29.0. The third-order valence-electron chi connectivity index (χ3n) is 4.36. The Morgan fingerprint density at radius 1 is 1.09 bits per heavy atom. The van der Waals surface area contributed by atoms with Crippen molar-refractivity contribution >= 4 is 5.91 Å². The summed E-state index contributed by atoms with van der Waals surface area (Å²) in [5, 5.41) is 0. The van der Waals surface area contributed by atoms with Crippen LogP contribution in [0.4, 0.5) is 0 Å². The summed E-state index contributed by atoms with van der Waals surface area (Å²) in [5.74, 6) is 0.763. The fraction of sp³-hybridized carbons (Fsp3) is 0.588. The SMILES string of the molecule is NC(=O)[C@H]1C[C@H](c2ccc(OC3CCCCO3)cc2)CCO1. The molecule has 3 atom stereocenters. The summed E-state index contributed by atoms with van der Waals surface area (Å²) in [6, 6.07) is 8.07. The van der Waals surface area contributed by atoms with E-state index in [0.29, 0.717) is 18.9 Å². The van der Waals surface area contributed by atoms with Gasteiger partial charge in [0.05, 0.1) is 6.61 Å². The van der Waals surface area contributed by atoms with Crippen LogP contribution < -0.4 is 10.5 Å². The maximum absolute atomic E-state index is 11.3. The minimum absolute atomic E-state index is 0.123. The lowest BCUT2D eigenvalue weighted by atomic mass is 9.88. The van der Waals surface area contributed by atoms with Crippen molar-refractivity contribution in [1.29, 1.82) is 0 Å². The summed E-state index contributed by atoms with van der Waals surface area (Å²) in [6.07, 6.45) is 4.19. The van der Waals surface area contributed by atoms with Crippen LogP contribution >= 0.6 is 0 Å². The van der Waals surface area contributed by atoms with Crippen LogP contribution in [0.2, 0.25) is 0 Å². The number of nitrogens with two attached hydrogens (primary N) is 1. The van der Waals surface area contributed by atoms with E-state index in [9.17, 15) is 4.79 Å². The standard InChI is InChI=1S/C17H23NO4/c18-17(19)15-11-13(8-10-20-15)12-4-6-14(7-5-12)22-16-3-1-2-9-21-16/h4-7,13,15-16H,1-3,8-11H2,(H2,18,19)/t13-,15-,16?/m1/s1. The maximum atomic E-state index is 11.3. The van der Waals surface area contributed by atoms with Crippen LogP contribution in [-0.2, 0) is 14.3 Å². The van der Waals surface area contributed by atoms with Crippen LogP contribution in [0, 0.1) is 0 Å². The summed E-state index contributed by atoms with van der Waals surface area (Å²) < 4.78 is 16.8. The first-order valence-electron chi connectivity index (χ1n) is 8.01. The van der Waals surface area contributed by atoms with Gasteiger partial charge in [0, 0.05) is 13.0 Å². The topological polar surface area (TPSA) is 70.8 Å². The first-order valence-corrected chi connectivity index (χ1v) is 8.01. The van der Waals surface area contributed by atoms with Gasteiger partial charge in [-0.2, -0.15) is 0 Å². The fourth-order valence-corrected chi connectivity index (χ4v) is 3.07. The molecule has 2 aliphatic heterocycles. The molecule has 0 aromatic heterocycles. The van der Waals surface area contributed by atoms with Crippen LogP contribution in [-0.4, -0.2) is 31.5 Å². The van der Waals surface area contributed by atoms with Crippen LogP contribution in [0.25, 0.3) is 0 Å². The van der Waals surface area contributed by atoms with Crippen molar-refractivity contribution in [3.8, 4) is 5.75 Å². The van der Waals surface area contributed by atoms with E-state index in [-0.39, 0.29) is 12.2 Å². The van der Waals surface area contributed by atoms with Gasteiger partial charge in [-0.15, -0.1) is 0 Å². The van der Waals surface area contributed by atoms with E-state index < -0.39 is 6.10 Å². The number of amides is 1. The second-order valence-electron chi connectivity index (χ2n) is 5.97. The quantitative estimate of drug-likeness (QED) is 0.927. The molecule has 0 bridgehead atoms. The van der Waals surface area contributed by atoms with Crippen LogP contribution in [0.1, 0.15) is 43.6 Å². The molecule has 2 saturated heterocycles. The highest BCUT2D eigenvalue weighted by Gasteiger charge is 2.27. The smallest absolute Gasteiger partial charge is 0.246 e. The average molecular weight is 305 g/mol. The van der Waals surface area contributed by atoms with Gasteiger partial charge in [-0.25, -0.2) is 0 Å². The lowest BCUT2D eigenvalue weighted by Gasteiger charge is -2.28. The molecule has 5 nitrogen and oxygen atoms in total. The Morgan fingerprint density at radius 2 is 1.91 bits per heavy atom. The van der Waals surface area contributed by atoms with Crippen LogP contribution in [0.5, 0.6) is 5.75 Å². The van der Waals surface area contributed by atoms with Gasteiger partial charge in [-0.05, 0) is 49.3 Å². The highest BCUT2D eigenvalue weighted by atomic mass is 16.7. The Balaban J connectivity index is 1.59. The first kappa shape index (κ1) is 15.3. The molecule has 120 valence electrons. The molecule has 1 aromatic carbocycles. The minimum atomic E-state index is -0.467. The Morgan fingerprint density at radius 3 is 2.59 bits per heavy atom. The molecular formula is C17H23NO4. The molecule has 0 saturated carbocycles. The molecule has 0 radical (unpaired) electrons. The van der Waals surface area contributed by atoms with Gasteiger partial charge in [-0.1, -0.05) is 12.1 Å². The van der Waals surface area contributed by atoms with Gasteiger partial charge in [0.25, 0.3) is 0 Å². The molecule has 1 amide bonds. The molecular weight excluding hydrogens is 282 g/mol. The monoisotopic (exact) mass is 305 g/mol. The molecule has 2 N–H and O–H groups in total. The van der Waals surface area contributed by atoms with E-state index in [1.807, 2.05) is 12.1 Å². The lowest BCUT2D eigenvalue weighted by Crippen LogP contribution is -2.36. The van der Waals surface area contributed by atoms with Crippen molar-refractivity contribution in [3.05, 3.63) is 29.8 Å². The van der Waals surface area contributed by atoms with Crippen molar-refractivity contribution < 1.29 is 19.0 Å².